The van der Waals surface area contributed by atoms with Gasteiger partial charge in [0, 0.05) is 37.5 Å². The van der Waals surface area contributed by atoms with Crippen LogP contribution in [0.25, 0.3) is 0 Å². The Hall–Kier alpha value is -0.130. The number of rotatable bonds is 7. The summed E-state index contributed by atoms with van der Waals surface area (Å²) >= 11 is 0. The van der Waals surface area contributed by atoms with E-state index in [-0.39, 0.29) is 5.41 Å². The third kappa shape index (κ3) is 6.25. The Labute approximate surface area is 131 Å². The molecule has 1 rings (SSSR count). The van der Waals surface area contributed by atoms with Crippen molar-refractivity contribution in [1.29, 1.82) is 0 Å². The van der Waals surface area contributed by atoms with Crippen molar-refractivity contribution in [2.24, 2.45) is 5.41 Å². The summed E-state index contributed by atoms with van der Waals surface area (Å²) < 4.78 is 23.9. The third-order valence-electron chi connectivity index (χ3n) is 4.41. The molecule has 0 aromatic rings. The molecule has 21 heavy (non-hydrogen) atoms. The summed E-state index contributed by atoms with van der Waals surface area (Å²) in [7, 11) is -2.88. The molecule has 0 aromatic carbocycles. The molecule has 2 atom stereocenters. The molecule has 1 aliphatic rings. The largest absolute Gasteiger partial charge is 0.311 e. The molecule has 1 aliphatic heterocycles. The lowest BCUT2D eigenvalue weighted by Gasteiger charge is -2.45. The zero-order chi connectivity index (χ0) is 16.1. The van der Waals surface area contributed by atoms with Gasteiger partial charge in [-0.2, -0.15) is 0 Å². The first-order valence-corrected chi connectivity index (χ1v) is 10.2. The van der Waals surface area contributed by atoms with Gasteiger partial charge in [-0.15, -0.1) is 0 Å². The lowest BCUT2D eigenvalue weighted by Crippen LogP contribution is -2.60. The molecule has 0 spiro atoms. The lowest BCUT2D eigenvalue weighted by molar-refractivity contribution is 0.0862. The summed E-state index contributed by atoms with van der Waals surface area (Å²) in [4.78, 5) is 2.41. The highest BCUT2D eigenvalue weighted by Gasteiger charge is 2.33. The minimum atomic E-state index is -2.88. The maximum Gasteiger partial charge on any atom is 0.151 e. The van der Waals surface area contributed by atoms with Crippen LogP contribution >= 0.6 is 0 Å². The van der Waals surface area contributed by atoms with Crippen molar-refractivity contribution in [3.63, 3.8) is 0 Å². The molecular formula is C16H34N2O2S. The van der Waals surface area contributed by atoms with E-state index in [0.717, 1.165) is 25.9 Å². The molecule has 0 aliphatic carbocycles. The topological polar surface area (TPSA) is 49.4 Å². The van der Waals surface area contributed by atoms with Crippen molar-refractivity contribution in [1.82, 2.24) is 10.2 Å². The summed E-state index contributed by atoms with van der Waals surface area (Å²) in [6.07, 6.45) is 3.00. The van der Waals surface area contributed by atoms with Crippen LogP contribution in [0.3, 0.4) is 0 Å². The van der Waals surface area contributed by atoms with Crippen LogP contribution in [-0.4, -0.2) is 56.5 Å². The van der Waals surface area contributed by atoms with E-state index in [2.05, 4.69) is 37.9 Å². The highest BCUT2D eigenvalue weighted by atomic mass is 32.2. The number of hydrogen-bond donors (Lipinski definition) is 1. The molecule has 4 nitrogen and oxygen atoms in total. The van der Waals surface area contributed by atoms with E-state index in [0.29, 0.717) is 36.6 Å². The predicted octanol–water partition coefficient (Wildman–Crippen LogP) is 2.30. The van der Waals surface area contributed by atoms with E-state index in [9.17, 15) is 8.42 Å². The standard InChI is InChI=1S/C16H34N2O2S/c1-6-8-14-12-17-15(16(3,4)5)13-18(14)9-11-21(19,20)10-7-2/h14-15,17H,6-13H2,1-5H3. The zero-order valence-corrected chi connectivity index (χ0v) is 15.3. The zero-order valence-electron chi connectivity index (χ0n) is 14.5. The van der Waals surface area contributed by atoms with Crippen molar-refractivity contribution >= 4 is 9.84 Å². The number of nitrogens with zero attached hydrogens (tertiary/aromatic N) is 1. The Balaban J connectivity index is 2.67. The lowest BCUT2D eigenvalue weighted by atomic mass is 9.84. The van der Waals surface area contributed by atoms with E-state index in [1.54, 1.807) is 0 Å². The average molecular weight is 319 g/mol. The smallest absolute Gasteiger partial charge is 0.151 e. The summed E-state index contributed by atoms with van der Waals surface area (Å²) in [6, 6.07) is 0.907. The fourth-order valence-electron chi connectivity index (χ4n) is 3.00. The van der Waals surface area contributed by atoms with Crippen molar-refractivity contribution in [3.05, 3.63) is 0 Å². The molecule has 1 heterocycles. The van der Waals surface area contributed by atoms with Crippen LogP contribution < -0.4 is 5.32 Å². The van der Waals surface area contributed by atoms with Gasteiger partial charge in [-0.3, -0.25) is 4.90 Å². The molecule has 2 unspecified atom stereocenters. The Morgan fingerprint density at radius 1 is 1.14 bits per heavy atom. The summed E-state index contributed by atoms with van der Waals surface area (Å²) in [5.74, 6) is 0.623. The Bertz CT molecular complexity index is 401. The minimum absolute atomic E-state index is 0.206. The van der Waals surface area contributed by atoms with Gasteiger partial charge in [0.15, 0.2) is 9.84 Å². The summed E-state index contributed by atoms with van der Waals surface area (Å²) in [5, 5.41) is 3.66. The molecule has 0 amide bonds. The molecule has 5 heteroatoms. The van der Waals surface area contributed by atoms with E-state index in [1.807, 2.05) is 6.92 Å². The highest BCUT2D eigenvalue weighted by Crippen LogP contribution is 2.24. The number of sulfone groups is 1. The number of nitrogens with one attached hydrogen (secondary N) is 1. The van der Waals surface area contributed by atoms with Crippen LogP contribution in [0.2, 0.25) is 0 Å². The first-order valence-electron chi connectivity index (χ1n) is 8.37. The van der Waals surface area contributed by atoms with E-state index in [1.165, 1.54) is 0 Å². The van der Waals surface area contributed by atoms with E-state index < -0.39 is 9.84 Å². The maximum atomic E-state index is 12.0. The Kier molecular flexibility index (Phi) is 7.14. The van der Waals surface area contributed by atoms with Gasteiger partial charge in [-0.05, 0) is 18.3 Å². The number of hydrogen-bond acceptors (Lipinski definition) is 4. The SMILES string of the molecule is CCCC1CNC(C(C)(C)C)CN1CCS(=O)(=O)CCC. The van der Waals surface area contributed by atoms with Gasteiger partial charge in [0.1, 0.15) is 0 Å². The molecule has 0 bridgehead atoms. The van der Waals surface area contributed by atoms with Crippen LogP contribution in [0.5, 0.6) is 0 Å². The second kappa shape index (κ2) is 7.93. The molecule has 1 N–H and O–H groups in total. The molecule has 126 valence electrons. The van der Waals surface area contributed by atoms with Crippen LogP contribution in [0, 0.1) is 5.41 Å². The Morgan fingerprint density at radius 2 is 1.81 bits per heavy atom. The van der Waals surface area contributed by atoms with Crippen molar-refractivity contribution < 1.29 is 8.42 Å². The van der Waals surface area contributed by atoms with Crippen LogP contribution in [-0.2, 0) is 9.84 Å². The molecule has 0 saturated carbocycles. The van der Waals surface area contributed by atoms with Crippen molar-refractivity contribution in [3.8, 4) is 0 Å². The highest BCUT2D eigenvalue weighted by molar-refractivity contribution is 7.91. The number of piperazine rings is 1. The van der Waals surface area contributed by atoms with E-state index >= 15 is 0 Å². The monoisotopic (exact) mass is 318 g/mol. The van der Waals surface area contributed by atoms with Gasteiger partial charge >= 0.3 is 0 Å². The summed E-state index contributed by atoms with van der Waals surface area (Å²) in [5.41, 5.74) is 0.206. The van der Waals surface area contributed by atoms with Gasteiger partial charge in [0.2, 0.25) is 0 Å². The van der Waals surface area contributed by atoms with Gasteiger partial charge in [0.05, 0.1) is 5.75 Å². The van der Waals surface area contributed by atoms with Crippen molar-refractivity contribution in [2.75, 3.05) is 31.1 Å². The molecule has 1 fully saturated rings. The maximum absolute atomic E-state index is 12.0. The van der Waals surface area contributed by atoms with Gasteiger partial charge in [-0.25, -0.2) is 8.42 Å². The Morgan fingerprint density at radius 3 is 2.33 bits per heavy atom. The van der Waals surface area contributed by atoms with Gasteiger partial charge in [0.25, 0.3) is 0 Å². The predicted molar refractivity (Wildman–Crippen MR) is 90.5 cm³/mol. The van der Waals surface area contributed by atoms with Crippen molar-refractivity contribution in [2.45, 2.75) is 66.0 Å². The summed E-state index contributed by atoms with van der Waals surface area (Å²) in [6.45, 7) is 13.5. The van der Waals surface area contributed by atoms with Crippen LogP contribution in [0.4, 0.5) is 0 Å². The molecule has 1 saturated heterocycles. The normalized spacial score (nSPS) is 25.2. The molecule has 0 radical (unpaired) electrons. The second-order valence-electron chi connectivity index (χ2n) is 7.42. The first kappa shape index (κ1) is 18.9. The second-order valence-corrected chi connectivity index (χ2v) is 9.72. The molecule has 0 aromatic heterocycles. The van der Waals surface area contributed by atoms with Gasteiger partial charge in [-0.1, -0.05) is 41.0 Å². The first-order chi connectivity index (χ1) is 9.69. The quantitative estimate of drug-likeness (QED) is 0.782. The van der Waals surface area contributed by atoms with Gasteiger partial charge < -0.3 is 5.32 Å². The fourth-order valence-corrected chi connectivity index (χ4v) is 4.34. The molecular weight excluding hydrogens is 284 g/mol. The minimum Gasteiger partial charge on any atom is -0.311 e. The average Bonchev–Trinajstić information content (AvgIpc) is 2.36. The fraction of sp³-hybridized carbons (Fsp3) is 1.00. The third-order valence-corrected chi connectivity index (χ3v) is 6.24. The van der Waals surface area contributed by atoms with E-state index in [4.69, 9.17) is 0 Å². The van der Waals surface area contributed by atoms with Crippen LogP contribution in [0.1, 0.15) is 53.9 Å². The van der Waals surface area contributed by atoms with Crippen LogP contribution in [0.15, 0.2) is 0 Å².